The smallest absolute Gasteiger partial charge is 0.405 e. The number of hydrogen-bond donors (Lipinski definition) is 1. The molecule has 0 aromatic heterocycles. The van der Waals surface area contributed by atoms with Crippen molar-refractivity contribution in [1.29, 1.82) is 0 Å². The number of ether oxygens (including phenoxy) is 1. The van der Waals surface area contributed by atoms with Crippen LogP contribution in [0.15, 0.2) is 48.5 Å². The number of benzene rings is 2. The first-order valence-electron chi connectivity index (χ1n) is 8.81. The van der Waals surface area contributed by atoms with Gasteiger partial charge in [-0.05, 0) is 30.2 Å². The minimum absolute atomic E-state index is 0.0779. The number of alkyl halides is 3. The summed E-state index contributed by atoms with van der Waals surface area (Å²) in [6.07, 6.45) is -3.33. The lowest BCUT2D eigenvalue weighted by atomic mass is 10.1. The molecule has 2 aromatic rings. The molecule has 1 saturated heterocycles. The van der Waals surface area contributed by atoms with E-state index in [2.05, 4.69) is 10.1 Å². The molecule has 1 aliphatic rings. The van der Waals surface area contributed by atoms with Crippen molar-refractivity contribution in [3.05, 3.63) is 59.7 Å². The van der Waals surface area contributed by atoms with Crippen molar-refractivity contribution in [3.8, 4) is 5.75 Å². The topological polar surface area (TPSA) is 58.6 Å². The Morgan fingerprint density at radius 1 is 1.11 bits per heavy atom. The molecule has 1 fully saturated rings. The maximum absolute atomic E-state index is 12.4. The number of carbonyl (C=O) groups is 2. The van der Waals surface area contributed by atoms with Crippen molar-refractivity contribution in [2.75, 3.05) is 11.4 Å². The van der Waals surface area contributed by atoms with Crippen molar-refractivity contribution in [3.63, 3.8) is 0 Å². The summed E-state index contributed by atoms with van der Waals surface area (Å²) in [5.74, 6) is -0.577. The molecule has 2 aromatic carbocycles. The summed E-state index contributed by atoms with van der Waals surface area (Å²) in [6.45, 7) is 0.615. The fraction of sp³-hybridized carbons (Fsp3) is 0.300. The van der Waals surface area contributed by atoms with E-state index in [0.717, 1.165) is 17.7 Å². The highest BCUT2D eigenvalue weighted by molar-refractivity contribution is 5.95. The van der Waals surface area contributed by atoms with Gasteiger partial charge in [-0.3, -0.25) is 9.59 Å². The van der Waals surface area contributed by atoms with E-state index >= 15 is 0 Å². The average Bonchev–Trinajstić information content (AvgIpc) is 3.06. The monoisotopic (exact) mass is 392 g/mol. The molecule has 2 amide bonds. The second-order valence-corrected chi connectivity index (χ2v) is 6.42. The van der Waals surface area contributed by atoms with Gasteiger partial charge >= 0.3 is 6.36 Å². The van der Waals surface area contributed by atoms with Gasteiger partial charge in [0, 0.05) is 30.8 Å². The maximum Gasteiger partial charge on any atom is 0.573 e. The van der Waals surface area contributed by atoms with Crippen LogP contribution < -0.4 is 15.0 Å². The lowest BCUT2D eigenvalue weighted by Gasteiger charge is -2.16. The third-order valence-corrected chi connectivity index (χ3v) is 4.36. The number of nitrogens with zero attached hydrogens (tertiary/aromatic N) is 1. The first-order valence-corrected chi connectivity index (χ1v) is 8.81. The van der Waals surface area contributed by atoms with E-state index in [4.69, 9.17) is 0 Å². The van der Waals surface area contributed by atoms with Crippen molar-refractivity contribution in [1.82, 2.24) is 5.32 Å². The Bertz CT molecular complexity index is 851. The fourth-order valence-corrected chi connectivity index (χ4v) is 3.03. The molecule has 0 aliphatic carbocycles. The van der Waals surface area contributed by atoms with Crippen molar-refractivity contribution >= 4 is 17.5 Å². The molecule has 1 aliphatic heterocycles. The normalized spacial score (nSPS) is 14.2. The Morgan fingerprint density at radius 2 is 1.82 bits per heavy atom. The molecule has 0 spiro atoms. The molecule has 0 radical (unpaired) electrons. The zero-order chi connectivity index (χ0) is 20.1. The van der Waals surface area contributed by atoms with Gasteiger partial charge in [0.25, 0.3) is 0 Å². The predicted molar refractivity (Wildman–Crippen MR) is 96.7 cm³/mol. The number of halogens is 3. The first kappa shape index (κ1) is 19.7. The molecule has 0 bridgehead atoms. The highest BCUT2D eigenvalue weighted by atomic mass is 19.4. The lowest BCUT2D eigenvalue weighted by Crippen LogP contribution is -2.26. The number of amides is 2. The third kappa shape index (κ3) is 5.25. The molecule has 1 N–H and O–H groups in total. The average molecular weight is 392 g/mol. The van der Waals surface area contributed by atoms with Crippen LogP contribution in [0.2, 0.25) is 0 Å². The van der Waals surface area contributed by atoms with Gasteiger partial charge in [-0.25, -0.2) is 0 Å². The van der Waals surface area contributed by atoms with Crippen LogP contribution in [0.5, 0.6) is 5.75 Å². The fourth-order valence-electron chi connectivity index (χ4n) is 3.03. The molecule has 8 heteroatoms. The minimum atomic E-state index is -4.79. The molecule has 0 saturated carbocycles. The Kier molecular flexibility index (Phi) is 5.87. The second-order valence-electron chi connectivity index (χ2n) is 6.42. The van der Waals surface area contributed by atoms with E-state index in [9.17, 15) is 22.8 Å². The van der Waals surface area contributed by atoms with Crippen molar-refractivity contribution in [2.24, 2.45) is 0 Å². The van der Waals surface area contributed by atoms with E-state index in [1.807, 2.05) is 0 Å². The van der Waals surface area contributed by atoms with E-state index in [1.165, 1.54) is 18.2 Å². The van der Waals surface area contributed by atoms with Crippen molar-refractivity contribution in [2.45, 2.75) is 32.2 Å². The van der Waals surface area contributed by atoms with Crippen LogP contribution in [0.4, 0.5) is 18.9 Å². The molecule has 28 heavy (non-hydrogen) atoms. The molecule has 148 valence electrons. The van der Waals surface area contributed by atoms with Gasteiger partial charge in [0.2, 0.25) is 11.8 Å². The van der Waals surface area contributed by atoms with E-state index in [0.29, 0.717) is 13.0 Å². The summed E-state index contributed by atoms with van der Waals surface area (Å²) in [6, 6.07) is 12.8. The van der Waals surface area contributed by atoms with Crippen LogP contribution in [0.3, 0.4) is 0 Å². The van der Waals surface area contributed by atoms with E-state index in [-0.39, 0.29) is 36.1 Å². The Morgan fingerprint density at radius 3 is 2.46 bits per heavy atom. The number of nitrogens with one attached hydrogen (secondary N) is 1. The Hall–Kier alpha value is -3.03. The van der Waals surface area contributed by atoms with Crippen LogP contribution in [-0.4, -0.2) is 24.7 Å². The van der Waals surface area contributed by atoms with Crippen LogP contribution in [0.25, 0.3) is 0 Å². The maximum atomic E-state index is 12.4. The molecular weight excluding hydrogens is 373 g/mol. The van der Waals surface area contributed by atoms with Crippen LogP contribution in [0, 0.1) is 0 Å². The van der Waals surface area contributed by atoms with Gasteiger partial charge in [0.05, 0.1) is 6.42 Å². The molecular formula is C20H19F3N2O3. The summed E-state index contributed by atoms with van der Waals surface area (Å²) < 4.78 is 41.3. The van der Waals surface area contributed by atoms with Gasteiger partial charge < -0.3 is 15.0 Å². The molecule has 3 rings (SSSR count). The van der Waals surface area contributed by atoms with Gasteiger partial charge in [-0.1, -0.05) is 30.3 Å². The minimum Gasteiger partial charge on any atom is -0.405 e. The van der Waals surface area contributed by atoms with Crippen molar-refractivity contribution < 1.29 is 27.5 Å². The molecule has 0 atom stereocenters. The van der Waals surface area contributed by atoms with Crippen LogP contribution >= 0.6 is 0 Å². The number of rotatable bonds is 6. The largest absolute Gasteiger partial charge is 0.573 e. The van der Waals surface area contributed by atoms with E-state index in [1.54, 1.807) is 35.2 Å². The highest BCUT2D eigenvalue weighted by Gasteiger charge is 2.32. The van der Waals surface area contributed by atoms with Gasteiger partial charge in [-0.15, -0.1) is 13.2 Å². The Labute approximate surface area is 160 Å². The summed E-state index contributed by atoms with van der Waals surface area (Å²) >= 11 is 0. The summed E-state index contributed by atoms with van der Waals surface area (Å²) in [5, 5.41) is 2.60. The number of para-hydroxylation sites is 1. The zero-order valence-electron chi connectivity index (χ0n) is 15.0. The lowest BCUT2D eigenvalue weighted by molar-refractivity contribution is -0.274. The third-order valence-electron chi connectivity index (χ3n) is 4.36. The molecule has 0 unspecified atom stereocenters. The van der Waals surface area contributed by atoms with Gasteiger partial charge in [0.15, 0.2) is 0 Å². The molecule has 5 nitrogen and oxygen atoms in total. The second kappa shape index (κ2) is 8.33. The first-order chi connectivity index (χ1) is 13.3. The van der Waals surface area contributed by atoms with E-state index < -0.39 is 6.36 Å². The van der Waals surface area contributed by atoms with Gasteiger partial charge in [0.1, 0.15) is 5.75 Å². The zero-order valence-corrected chi connectivity index (χ0v) is 15.0. The standard InChI is InChI=1S/C20H19F3N2O3/c21-20(22,23)28-17-5-2-1-4-15(17)13-24-18(26)12-14-7-9-16(10-8-14)25-11-3-6-19(25)27/h1-2,4-5,7-10H,3,6,11-13H2,(H,24,26). The summed E-state index contributed by atoms with van der Waals surface area (Å²) in [5.41, 5.74) is 1.77. The SMILES string of the molecule is O=C(Cc1ccc(N2CCCC2=O)cc1)NCc1ccccc1OC(F)(F)F. The number of hydrogen-bond acceptors (Lipinski definition) is 3. The quantitative estimate of drug-likeness (QED) is 0.818. The number of anilines is 1. The van der Waals surface area contributed by atoms with Crippen LogP contribution in [-0.2, 0) is 22.6 Å². The molecule has 1 heterocycles. The van der Waals surface area contributed by atoms with Gasteiger partial charge in [-0.2, -0.15) is 0 Å². The Balaban J connectivity index is 1.56. The number of carbonyl (C=O) groups excluding carboxylic acids is 2. The summed E-state index contributed by atoms with van der Waals surface area (Å²) in [7, 11) is 0. The summed E-state index contributed by atoms with van der Waals surface area (Å²) in [4.78, 5) is 25.6. The van der Waals surface area contributed by atoms with Crippen LogP contribution in [0.1, 0.15) is 24.0 Å². The highest BCUT2D eigenvalue weighted by Crippen LogP contribution is 2.26. The predicted octanol–water partition coefficient (Wildman–Crippen LogP) is 3.57.